The second-order valence-electron chi connectivity index (χ2n) is 8.20. The molecule has 1 aliphatic rings. The molecular weight excluding hydrogens is 509 g/mol. The van der Waals surface area contributed by atoms with Crippen LogP contribution in [0.4, 0.5) is 27.6 Å². The lowest BCUT2D eigenvalue weighted by molar-refractivity contribution is -0.142. The van der Waals surface area contributed by atoms with Crippen molar-refractivity contribution >= 4 is 21.3 Å². The summed E-state index contributed by atoms with van der Waals surface area (Å²) in [6.07, 6.45) is -1.43. The van der Waals surface area contributed by atoms with Gasteiger partial charge in [-0.15, -0.1) is 10.2 Å². The Morgan fingerprint density at radius 1 is 1.17 bits per heavy atom. The SMILES string of the molecule is Cc1c(C(F)(F)F)nnc(Oc2ncc(C3CC3)c(F)c2F)c1C(=O)Nc1cccc(S(C)(=N)=O)c1. The van der Waals surface area contributed by atoms with Crippen molar-refractivity contribution < 1.29 is 35.7 Å². The molecule has 3 aromatic rings. The van der Waals surface area contributed by atoms with Crippen LogP contribution in [0.3, 0.4) is 0 Å². The van der Waals surface area contributed by atoms with E-state index in [2.05, 4.69) is 20.5 Å². The van der Waals surface area contributed by atoms with Crippen molar-refractivity contribution in [1.29, 1.82) is 4.78 Å². The number of nitrogens with one attached hydrogen (secondary N) is 2. The van der Waals surface area contributed by atoms with Gasteiger partial charge < -0.3 is 10.1 Å². The number of nitrogens with zero attached hydrogens (tertiary/aromatic N) is 3. The van der Waals surface area contributed by atoms with Crippen LogP contribution in [0.1, 0.15) is 45.9 Å². The fraction of sp³-hybridized carbons (Fsp3) is 0.273. The van der Waals surface area contributed by atoms with Crippen molar-refractivity contribution in [3.63, 3.8) is 0 Å². The maximum atomic E-state index is 14.6. The molecule has 36 heavy (non-hydrogen) atoms. The Balaban J connectivity index is 1.76. The number of alkyl halides is 3. The molecule has 2 N–H and O–H groups in total. The van der Waals surface area contributed by atoms with Gasteiger partial charge in [-0.2, -0.15) is 17.6 Å². The second-order valence-corrected chi connectivity index (χ2v) is 10.4. The minimum atomic E-state index is -4.98. The molecule has 2 heterocycles. The molecule has 0 saturated heterocycles. The molecule has 1 saturated carbocycles. The van der Waals surface area contributed by atoms with E-state index in [1.807, 2.05) is 0 Å². The number of hydrogen-bond acceptors (Lipinski definition) is 7. The van der Waals surface area contributed by atoms with Crippen molar-refractivity contribution in [3.05, 3.63) is 64.5 Å². The van der Waals surface area contributed by atoms with Crippen LogP contribution in [0.15, 0.2) is 35.4 Å². The van der Waals surface area contributed by atoms with Crippen molar-refractivity contribution in [1.82, 2.24) is 15.2 Å². The molecule has 14 heteroatoms. The van der Waals surface area contributed by atoms with Gasteiger partial charge in [-0.05, 0) is 49.4 Å². The summed E-state index contributed by atoms with van der Waals surface area (Å²) in [6.45, 7) is 0.943. The van der Waals surface area contributed by atoms with Crippen molar-refractivity contribution in [2.75, 3.05) is 11.6 Å². The monoisotopic (exact) mass is 527 g/mol. The van der Waals surface area contributed by atoms with E-state index in [0.29, 0.717) is 12.8 Å². The van der Waals surface area contributed by atoms with Crippen molar-refractivity contribution in [3.8, 4) is 11.8 Å². The number of carbonyl (C=O) groups is 1. The Bertz CT molecular complexity index is 1470. The highest BCUT2D eigenvalue weighted by Crippen LogP contribution is 2.42. The summed E-state index contributed by atoms with van der Waals surface area (Å²) in [7, 11) is -3.16. The highest BCUT2D eigenvalue weighted by molar-refractivity contribution is 7.91. The molecule has 0 radical (unpaired) electrons. The van der Waals surface area contributed by atoms with E-state index in [1.165, 1.54) is 24.3 Å². The van der Waals surface area contributed by atoms with Crippen LogP contribution in [0, 0.1) is 23.3 Å². The van der Waals surface area contributed by atoms with E-state index in [0.717, 1.165) is 19.4 Å². The third kappa shape index (κ3) is 5.12. The quantitative estimate of drug-likeness (QED) is 0.413. The molecule has 1 unspecified atom stereocenters. The Kier molecular flexibility index (Phi) is 6.41. The van der Waals surface area contributed by atoms with Gasteiger partial charge in [0.1, 0.15) is 5.56 Å². The summed E-state index contributed by atoms with van der Waals surface area (Å²) in [5.41, 5.74) is -2.86. The summed E-state index contributed by atoms with van der Waals surface area (Å²) in [6, 6.07) is 5.35. The first kappa shape index (κ1) is 25.4. The molecule has 1 aromatic carbocycles. The van der Waals surface area contributed by atoms with Gasteiger partial charge >= 0.3 is 6.18 Å². The fourth-order valence-electron chi connectivity index (χ4n) is 3.42. The normalized spacial score (nSPS) is 15.3. The summed E-state index contributed by atoms with van der Waals surface area (Å²) < 4.78 is 94.2. The molecule has 8 nitrogen and oxygen atoms in total. The van der Waals surface area contributed by atoms with Crippen molar-refractivity contribution in [2.24, 2.45) is 0 Å². The molecule has 1 aliphatic carbocycles. The van der Waals surface area contributed by atoms with Gasteiger partial charge in [0.25, 0.3) is 17.7 Å². The van der Waals surface area contributed by atoms with Crippen LogP contribution >= 0.6 is 0 Å². The minimum Gasteiger partial charge on any atom is -0.415 e. The van der Waals surface area contributed by atoms with E-state index in [1.54, 1.807) is 0 Å². The van der Waals surface area contributed by atoms with E-state index in [-0.39, 0.29) is 22.1 Å². The van der Waals surface area contributed by atoms with Gasteiger partial charge in [0.2, 0.25) is 5.82 Å². The molecule has 1 atom stereocenters. The zero-order chi connectivity index (χ0) is 26.4. The summed E-state index contributed by atoms with van der Waals surface area (Å²) in [5.74, 6) is -5.78. The predicted molar refractivity (Wildman–Crippen MR) is 117 cm³/mol. The van der Waals surface area contributed by atoms with Gasteiger partial charge in [-0.3, -0.25) is 4.79 Å². The molecule has 0 spiro atoms. The van der Waals surface area contributed by atoms with E-state index < -0.39 is 62.0 Å². The van der Waals surface area contributed by atoms with Gasteiger partial charge in [0, 0.05) is 28.6 Å². The Hall–Kier alpha value is -3.68. The van der Waals surface area contributed by atoms with Crippen LogP contribution in [0.25, 0.3) is 0 Å². The number of carbonyl (C=O) groups excluding carboxylic acids is 1. The van der Waals surface area contributed by atoms with E-state index in [9.17, 15) is 31.0 Å². The topological polar surface area (TPSA) is 118 Å². The third-order valence-electron chi connectivity index (χ3n) is 5.39. The lowest BCUT2D eigenvalue weighted by Crippen LogP contribution is -2.21. The Morgan fingerprint density at radius 3 is 2.47 bits per heavy atom. The number of anilines is 1. The van der Waals surface area contributed by atoms with Crippen LogP contribution < -0.4 is 10.1 Å². The molecular formula is C22H18F5N5O3S. The summed E-state index contributed by atoms with van der Waals surface area (Å²) in [4.78, 5) is 16.8. The zero-order valence-corrected chi connectivity index (χ0v) is 19.6. The first-order valence-electron chi connectivity index (χ1n) is 10.4. The molecule has 1 amide bonds. The fourth-order valence-corrected chi connectivity index (χ4v) is 4.11. The predicted octanol–water partition coefficient (Wildman–Crippen LogP) is 5.43. The standard InChI is InChI=1S/C22H18F5N5O3S/c1-10-15(19(33)30-12-4-3-5-13(8-12)36(2,28)34)20(32-31-18(10)22(25,26)27)35-21-17(24)16(23)14(9-29-21)11-6-7-11/h3-5,8-9,11,28H,6-7H2,1-2H3,(H,30,33). The van der Waals surface area contributed by atoms with Gasteiger partial charge in [-0.25, -0.2) is 18.4 Å². The minimum absolute atomic E-state index is 0.0131. The smallest absolute Gasteiger partial charge is 0.415 e. The Labute approximate surface area is 201 Å². The zero-order valence-electron chi connectivity index (χ0n) is 18.7. The molecule has 1 fully saturated rings. The van der Waals surface area contributed by atoms with Crippen LogP contribution in [-0.4, -0.2) is 31.6 Å². The highest BCUT2D eigenvalue weighted by atomic mass is 32.2. The van der Waals surface area contributed by atoms with Gasteiger partial charge in [-0.1, -0.05) is 6.07 Å². The number of halogens is 5. The number of amides is 1. The van der Waals surface area contributed by atoms with E-state index >= 15 is 0 Å². The third-order valence-corrected chi connectivity index (χ3v) is 6.54. The van der Waals surface area contributed by atoms with Crippen molar-refractivity contribution in [2.45, 2.75) is 36.8 Å². The number of pyridine rings is 1. The lowest BCUT2D eigenvalue weighted by Gasteiger charge is -2.16. The molecule has 190 valence electrons. The highest BCUT2D eigenvalue weighted by Gasteiger charge is 2.38. The Morgan fingerprint density at radius 2 is 1.86 bits per heavy atom. The maximum absolute atomic E-state index is 14.6. The van der Waals surface area contributed by atoms with Crippen LogP contribution in [-0.2, 0) is 15.9 Å². The van der Waals surface area contributed by atoms with Gasteiger partial charge in [0.15, 0.2) is 11.5 Å². The second kappa shape index (κ2) is 9.08. The average Bonchev–Trinajstić information content (AvgIpc) is 3.61. The largest absolute Gasteiger partial charge is 0.435 e. The molecule has 0 bridgehead atoms. The first-order chi connectivity index (χ1) is 16.8. The number of ether oxygens (including phenoxy) is 1. The molecule has 2 aromatic heterocycles. The summed E-state index contributed by atoms with van der Waals surface area (Å²) >= 11 is 0. The number of aromatic nitrogens is 3. The molecule has 4 rings (SSSR count). The lowest BCUT2D eigenvalue weighted by atomic mass is 10.1. The van der Waals surface area contributed by atoms with Crippen LogP contribution in [0.2, 0.25) is 0 Å². The first-order valence-corrected chi connectivity index (χ1v) is 12.4. The number of rotatable bonds is 6. The summed E-state index contributed by atoms with van der Waals surface area (Å²) in [5, 5.41) is 8.69. The maximum Gasteiger partial charge on any atom is 0.435 e. The number of benzene rings is 1. The van der Waals surface area contributed by atoms with Crippen LogP contribution in [0.5, 0.6) is 11.8 Å². The average molecular weight is 527 g/mol. The molecule has 0 aliphatic heterocycles. The van der Waals surface area contributed by atoms with Gasteiger partial charge in [0.05, 0.1) is 9.73 Å². The van der Waals surface area contributed by atoms with E-state index in [4.69, 9.17) is 9.52 Å². The number of hydrogen-bond donors (Lipinski definition) is 2.